The number of ether oxygens (including phenoxy) is 2. The summed E-state index contributed by atoms with van der Waals surface area (Å²) in [5, 5.41) is 13.3. The van der Waals surface area contributed by atoms with E-state index in [4.69, 9.17) is 9.47 Å². The molecule has 2 aliphatic rings. The molecule has 2 atom stereocenters. The predicted octanol–water partition coefficient (Wildman–Crippen LogP) is 3.42. The van der Waals surface area contributed by atoms with E-state index in [0.717, 1.165) is 25.7 Å². The SMILES string of the molecule is COC(=O)c1ccc(OC2CCN(C(=O)C(NC(=O)[C@H](CC3CCCC3)CN(O)C=O)C(C)(C)C)CC2)cc1. The number of carbonyl (C=O) groups is 4. The summed E-state index contributed by atoms with van der Waals surface area (Å²) in [4.78, 5) is 51.5. The molecule has 1 saturated carbocycles. The average Bonchev–Trinajstić information content (AvgIpc) is 3.43. The number of nitrogens with zero attached hydrogens (tertiary/aromatic N) is 2. The Bertz CT molecular complexity index is 978. The Labute approximate surface area is 231 Å². The van der Waals surface area contributed by atoms with Crippen molar-refractivity contribution in [1.82, 2.24) is 15.3 Å². The quantitative estimate of drug-likeness (QED) is 0.189. The summed E-state index contributed by atoms with van der Waals surface area (Å²) in [5.74, 6) is -0.437. The Morgan fingerprint density at radius 2 is 1.72 bits per heavy atom. The molecule has 2 fully saturated rings. The molecule has 1 aliphatic carbocycles. The molecule has 0 aromatic heterocycles. The topological polar surface area (TPSA) is 125 Å². The van der Waals surface area contributed by atoms with E-state index < -0.39 is 23.3 Å². The fourth-order valence-electron chi connectivity index (χ4n) is 5.45. The van der Waals surface area contributed by atoms with Crippen LogP contribution < -0.4 is 10.1 Å². The average molecular weight is 546 g/mol. The number of piperidine rings is 1. The van der Waals surface area contributed by atoms with E-state index in [2.05, 4.69) is 5.32 Å². The van der Waals surface area contributed by atoms with Crippen LogP contribution in [0.25, 0.3) is 0 Å². The summed E-state index contributed by atoms with van der Waals surface area (Å²) in [6.45, 7) is 6.64. The monoisotopic (exact) mass is 545 g/mol. The summed E-state index contributed by atoms with van der Waals surface area (Å²) in [5.41, 5.74) is -0.0907. The lowest BCUT2D eigenvalue weighted by atomic mass is 9.84. The number of methoxy groups -OCH3 is 1. The number of benzene rings is 1. The van der Waals surface area contributed by atoms with Gasteiger partial charge in [-0.15, -0.1) is 0 Å². The summed E-state index contributed by atoms with van der Waals surface area (Å²) in [6.07, 6.45) is 6.39. The second-order valence-electron chi connectivity index (χ2n) is 11.8. The summed E-state index contributed by atoms with van der Waals surface area (Å²) >= 11 is 0. The van der Waals surface area contributed by atoms with Crippen LogP contribution in [-0.2, 0) is 19.1 Å². The molecule has 0 radical (unpaired) electrons. The van der Waals surface area contributed by atoms with Crippen molar-refractivity contribution in [2.45, 2.75) is 77.9 Å². The predicted molar refractivity (Wildman–Crippen MR) is 144 cm³/mol. The number of hydrogen-bond donors (Lipinski definition) is 2. The standard InChI is InChI=1S/C29H43N3O7/c1-29(2,3)25(30-26(34)22(18-32(37)19-33)17-20-7-5-6-8-20)27(35)31-15-13-24(14-16-31)39-23-11-9-21(10-12-23)28(36)38-4/h9-12,19-20,22,24-25,37H,5-8,13-18H2,1-4H3,(H,30,34)/t22-,25?/m1/s1. The van der Waals surface area contributed by atoms with Crippen molar-refractivity contribution in [2.75, 3.05) is 26.7 Å². The van der Waals surface area contributed by atoms with Crippen LogP contribution in [0.4, 0.5) is 0 Å². The maximum Gasteiger partial charge on any atom is 0.337 e. The summed E-state index contributed by atoms with van der Waals surface area (Å²) in [6, 6.07) is 6.02. The number of likely N-dealkylation sites (tertiary alicyclic amines) is 1. The highest BCUT2D eigenvalue weighted by Gasteiger charge is 2.39. The van der Waals surface area contributed by atoms with Gasteiger partial charge in [-0.05, 0) is 42.0 Å². The largest absolute Gasteiger partial charge is 0.490 e. The minimum absolute atomic E-state index is 0.0737. The van der Waals surface area contributed by atoms with Gasteiger partial charge in [0, 0.05) is 25.9 Å². The normalized spacial score (nSPS) is 18.2. The van der Waals surface area contributed by atoms with E-state index in [1.807, 2.05) is 20.8 Å². The van der Waals surface area contributed by atoms with Crippen LogP contribution in [0.1, 0.15) is 76.1 Å². The van der Waals surface area contributed by atoms with Gasteiger partial charge in [-0.2, -0.15) is 0 Å². The molecular formula is C29H43N3O7. The molecule has 3 rings (SSSR count). The van der Waals surface area contributed by atoms with Gasteiger partial charge in [0.05, 0.1) is 25.1 Å². The fourth-order valence-corrected chi connectivity index (χ4v) is 5.45. The van der Waals surface area contributed by atoms with Crippen molar-refractivity contribution in [1.29, 1.82) is 0 Å². The van der Waals surface area contributed by atoms with Gasteiger partial charge >= 0.3 is 5.97 Å². The van der Waals surface area contributed by atoms with E-state index in [1.165, 1.54) is 7.11 Å². The molecule has 10 nitrogen and oxygen atoms in total. The highest BCUT2D eigenvalue weighted by atomic mass is 16.5. The maximum absolute atomic E-state index is 13.6. The Hall–Kier alpha value is -3.14. The molecule has 1 heterocycles. The van der Waals surface area contributed by atoms with E-state index in [-0.39, 0.29) is 24.5 Å². The van der Waals surface area contributed by atoms with Gasteiger partial charge in [-0.1, -0.05) is 46.5 Å². The van der Waals surface area contributed by atoms with Crippen LogP contribution in [0, 0.1) is 17.3 Å². The van der Waals surface area contributed by atoms with Crippen LogP contribution in [0.15, 0.2) is 24.3 Å². The third-order valence-electron chi connectivity index (χ3n) is 7.72. The smallest absolute Gasteiger partial charge is 0.337 e. The number of rotatable bonds is 11. The fraction of sp³-hybridized carbons (Fsp3) is 0.655. The minimum atomic E-state index is -0.747. The van der Waals surface area contributed by atoms with Gasteiger partial charge in [0.2, 0.25) is 18.2 Å². The highest BCUT2D eigenvalue weighted by Crippen LogP contribution is 2.31. The highest BCUT2D eigenvalue weighted by molar-refractivity contribution is 5.90. The van der Waals surface area contributed by atoms with E-state index in [0.29, 0.717) is 61.1 Å². The van der Waals surface area contributed by atoms with Crippen molar-refractivity contribution >= 4 is 24.2 Å². The van der Waals surface area contributed by atoms with Crippen LogP contribution in [0.2, 0.25) is 0 Å². The van der Waals surface area contributed by atoms with Crippen molar-refractivity contribution in [3.8, 4) is 5.75 Å². The Kier molecular flexibility index (Phi) is 10.7. The number of nitrogens with one attached hydrogen (secondary N) is 1. The first-order chi connectivity index (χ1) is 18.5. The molecule has 1 aromatic carbocycles. The molecular weight excluding hydrogens is 502 g/mol. The first-order valence-corrected chi connectivity index (χ1v) is 13.9. The molecule has 1 saturated heterocycles. The lowest BCUT2D eigenvalue weighted by Crippen LogP contribution is -2.58. The molecule has 216 valence electrons. The maximum atomic E-state index is 13.6. The van der Waals surface area contributed by atoms with Crippen LogP contribution in [-0.4, -0.2) is 78.3 Å². The summed E-state index contributed by atoms with van der Waals surface area (Å²) < 4.78 is 10.8. The summed E-state index contributed by atoms with van der Waals surface area (Å²) in [7, 11) is 1.34. The molecule has 2 N–H and O–H groups in total. The van der Waals surface area contributed by atoms with E-state index in [1.54, 1.807) is 29.2 Å². The Morgan fingerprint density at radius 3 is 2.26 bits per heavy atom. The van der Waals surface area contributed by atoms with Gasteiger partial charge in [-0.25, -0.2) is 9.86 Å². The van der Waals surface area contributed by atoms with Gasteiger partial charge in [0.1, 0.15) is 17.9 Å². The van der Waals surface area contributed by atoms with Crippen molar-refractivity contribution < 1.29 is 33.9 Å². The molecule has 0 spiro atoms. The molecule has 39 heavy (non-hydrogen) atoms. The third kappa shape index (κ3) is 8.68. The first-order valence-electron chi connectivity index (χ1n) is 13.9. The molecule has 1 aromatic rings. The Morgan fingerprint density at radius 1 is 1.10 bits per heavy atom. The number of amides is 3. The molecule has 1 aliphatic heterocycles. The van der Waals surface area contributed by atoms with Crippen LogP contribution in [0.5, 0.6) is 5.75 Å². The number of hydrogen-bond acceptors (Lipinski definition) is 7. The van der Waals surface area contributed by atoms with E-state index in [9.17, 15) is 24.4 Å². The third-order valence-corrected chi connectivity index (χ3v) is 7.72. The van der Waals surface area contributed by atoms with Crippen LogP contribution >= 0.6 is 0 Å². The zero-order chi connectivity index (χ0) is 28.6. The van der Waals surface area contributed by atoms with Gasteiger partial charge in [0.25, 0.3) is 0 Å². The number of carbonyl (C=O) groups excluding carboxylic acids is 4. The van der Waals surface area contributed by atoms with Crippen molar-refractivity contribution in [2.24, 2.45) is 17.3 Å². The lowest BCUT2D eigenvalue weighted by Gasteiger charge is -2.39. The first kappa shape index (κ1) is 30.4. The van der Waals surface area contributed by atoms with Gasteiger partial charge in [-0.3, -0.25) is 19.6 Å². The van der Waals surface area contributed by atoms with Gasteiger partial charge in [0.15, 0.2) is 0 Å². The van der Waals surface area contributed by atoms with Crippen molar-refractivity contribution in [3.05, 3.63) is 29.8 Å². The van der Waals surface area contributed by atoms with Gasteiger partial charge < -0.3 is 19.7 Å². The Balaban J connectivity index is 1.60. The number of hydroxylamine groups is 2. The molecule has 0 bridgehead atoms. The molecule has 3 amide bonds. The number of esters is 1. The van der Waals surface area contributed by atoms with E-state index >= 15 is 0 Å². The second kappa shape index (κ2) is 13.8. The van der Waals surface area contributed by atoms with Crippen LogP contribution in [0.3, 0.4) is 0 Å². The van der Waals surface area contributed by atoms with Crippen molar-refractivity contribution in [3.63, 3.8) is 0 Å². The minimum Gasteiger partial charge on any atom is -0.490 e. The lowest BCUT2D eigenvalue weighted by molar-refractivity contribution is -0.156. The second-order valence-corrected chi connectivity index (χ2v) is 11.8. The zero-order valence-corrected chi connectivity index (χ0v) is 23.6. The zero-order valence-electron chi connectivity index (χ0n) is 23.6. The molecule has 10 heteroatoms. The molecule has 1 unspecified atom stereocenters.